The van der Waals surface area contributed by atoms with Crippen LogP contribution in [-0.2, 0) is 18.8 Å². The fourth-order valence-corrected chi connectivity index (χ4v) is 0. The van der Waals surface area contributed by atoms with Gasteiger partial charge in [0.1, 0.15) is 0 Å². The molecule has 0 aromatic heterocycles. The number of nitrogens with zero attached hydrogens (tertiary/aromatic N) is 1. The maximum absolute atomic E-state index is 9.62. The summed E-state index contributed by atoms with van der Waals surface area (Å²) in [5.74, 6) is 0. The maximum atomic E-state index is 9.62. The van der Waals surface area contributed by atoms with Crippen molar-refractivity contribution < 1.29 is 22.1 Å². The topological polar surface area (TPSA) is 23.8 Å². The zero-order valence-corrected chi connectivity index (χ0v) is 7.74. The van der Waals surface area contributed by atoms with Gasteiger partial charge in [-0.2, -0.15) is 0 Å². The van der Waals surface area contributed by atoms with Gasteiger partial charge >= 0.3 is 22.1 Å². The second-order valence-electron chi connectivity index (χ2n) is 0. The van der Waals surface area contributed by atoms with Crippen molar-refractivity contribution in [1.29, 1.82) is 5.26 Å². The minimum absolute atomic E-state index is 0. The van der Waals surface area contributed by atoms with Gasteiger partial charge in [-0.15, -0.1) is 24.0 Å². The summed E-state index contributed by atoms with van der Waals surface area (Å²) in [5.41, 5.74) is 0. The summed E-state index contributed by atoms with van der Waals surface area (Å²) in [6.07, 6.45) is 0. The zero-order valence-electron chi connectivity index (χ0n) is 2.44. The van der Waals surface area contributed by atoms with Crippen molar-refractivity contribution in [1.82, 2.24) is 0 Å². The molecular formula is CHFINZn. The molecule has 0 heterocycles. The van der Waals surface area contributed by atoms with Crippen LogP contribution in [-0.4, -0.2) is 0 Å². The van der Waals surface area contributed by atoms with Gasteiger partial charge in [-0.05, 0) is 0 Å². The van der Waals surface area contributed by atoms with E-state index < -0.39 is 0 Å². The van der Waals surface area contributed by atoms with E-state index in [-0.39, 0.29) is 42.8 Å². The second-order valence-corrected chi connectivity index (χ2v) is 0. The zero-order chi connectivity index (χ0) is 4.00. The van der Waals surface area contributed by atoms with Gasteiger partial charge in [-0.3, -0.25) is 0 Å². The van der Waals surface area contributed by atoms with Crippen LogP contribution in [0.5, 0.6) is 0 Å². The Kier molecular flexibility index (Phi) is 389. The van der Waals surface area contributed by atoms with Crippen LogP contribution in [0.1, 0.15) is 0 Å². The van der Waals surface area contributed by atoms with Crippen LogP contribution in [0.25, 0.3) is 0 Å². The molecule has 26 valence electrons. The third kappa shape index (κ3) is 61.4. The molecular weight excluding hydrogens is 237 g/mol. The molecule has 0 radical (unpaired) electrons. The van der Waals surface area contributed by atoms with E-state index in [0.717, 1.165) is 0 Å². The van der Waals surface area contributed by atoms with Crippen molar-refractivity contribution >= 4 is 24.0 Å². The van der Waals surface area contributed by atoms with Gasteiger partial charge in [0, 0.05) is 0 Å². The average molecular weight is 238 g/mol. The van der Waals surface area contributed by atoms with Crippen LogP contribution < -0.4 is 0 Å². The standard InChI is InChI=1S/CN.FH.HI.Zn/c1-2;;;/h;2*1H;/q-1;;;+2/p-1. The molecule has 0 atom stereocenters. The molecule has 0 N–H and O–H groups in total. The predicted molar refractivity (Wildman–Crippen MR) is 21.5 cm³/mol. The SMILES string of the molecule is I.[C-]#N.[F][Zn+]. The van der Waals surface area contributed by atoms with E-state index in [1.54, 1.807) is 0 Å². The summed E-state index contributed by atoms with van der Waals surface area (Å²) >= 11 is -0.125. The van der Waals surface area contributed by atoms with E-state index in [1.165, 1.54) is 0 Å². The molecule has 0 spiro atoms. The molecule has 0 saturated carbocycles. The third-order valence-corrected chi connectivity index (χ3v) is 0. The first-order chi connectivity index (χ1) is 2.00. The Bertz CT molecular complexity index is 16.4. The van der Waals surface area contributed by atoms with Crippen molar-refractivity contribution in [2.75, 3.05) is 0 Å². The molecule has 0 aliphatic carbocycles. The van der Waals surface area contributed by atoms with Crippen LogP contribution in [0, 0.1) is 11.8 Å². The van der Waals surface area contributed by atoms with Crippen LogP contribution in [0.2, 0.25) is 0 Å². The number of hydrogen-bond acceptors (Lipinski definition) is 1. The van der Waals surface area contributed by atoms with E-state index in [1.807, 2.05) is 0 Å². The molecule has 4 heteroatoms. The molecule has 0 fully saturated rings. The summed E-state index contributed by atoms with van der Waals surface area (Å²) < 4.78 is 9.62. The Morgan fingerprint density at radius 1 is 1.40 bits per heavy atom. The van der Waals surface area contributed by atoms with Crippen molar-refractivity contribution in [3.8, 4) is 0 Å². The van der Waals surface area contributed by atoms with Crippen molar-refractivity contribution in [2.45, 2.75) is 0 Å². The Morgan fingerprint density at radius 3 is 1.40 bits per heavy atom. The molecule has 0 aromatic carbocycles. The normalized spacial score (nSPS) is 1.80. The molecule has 1 nitrogen and oxygen atoms in total. The monoisotopic (exact) mass is 237 g/mol. The second kappa shape index (κ2) is 114. The molecule has 0 unspecified atom stereocenters. The molecule has 0 aliphatic rings. The fraction of sp³-hybridized carbons (Fsp3) is 0. The summed E-state index contributed by atoms with van der Waals surface area (Å²) in [4.78, 5) is 0. The average Bonchev–Trinajstić information content (AvgIpc) is 1.50. The number of halogens is 2. The van der Waals surface area contributed by atoms with Gasteiger partial charge in [-0.25, -0.2) is 0 Å². The van der Waals surface area contributed by atoms with Crippen LogP contribution in [0.4, 0.5) is 3.32 Å². The van der Waals surface area contributed by atoms with Gasteiger partial charge in [-0.1, -0.05) is 0 Å². The molecule has 0 saturated heterocycles. The summed E-state index contributed by atoms with van der Waals surface area (Å²) in [6.45, 7) is 4.75. The Hall–Kier alpha value is 0.773. The first-order valence-electron chi connectivity index (χ1n) is 0.491. The fourth-order valence-electron chi connectivity index (χ4n) is 0. The summed E-state index contributed by atoms with van der Waals surface area (Å²) in [7, 11) is 0. The predicted octanol–water partition coefficient (Wildman–Crippen LogP) is 1.13. The van der Waals surface area contributed by atoms with Gasteiger partial charge in [0.25, 0.3) is 0 Å². The first-order valence-corrected chi connectivity index (χ1v) is 1.61. The van der Waals surface area contributed by atoms with Crippen LogP contribution in [0.15, 0.2) is 0 Å². The van der Waals surface area contributed by atoms with E-state index in [2.05, 4.69) is 0 Å². The minimum atomic E-state index is -0.125. The Balaban J connectivity index is -0.0000000133. The Labute approximate surface area is 57.8 Å². The quantitative estimate of drug-likeness (QED) is 0.352. The van der Waals surface area contributed by atoms with Gasteiger partial charge < -0.3 is 11.8 Å². The summed E-state index contributed by atoms with van der Waals surface area (Å²) in [5, 5.41) is 6.25. The van der Waals surface area contributed by atoms with Crippen molar-refractivity contribution in [2.24, 2.45) is 0 Å². The van der Waals surface area contributed by atoms with Gasteiger partial charge in [0.2, 0.25) is 0 Å². The molecule has 0 amide bonds. The van der Waals surface area contributed by atoms with Gasteiger partial charge in [0.05, 0.1) is 0 Å². The Morgan fingerprint density at radius 2 is 1.40 bits per heavy atom. The third-order valence-electron chi connectivity index (χ3n) is 0. The molecule has 0 aromatic rings. The van der Waals surface area contributed by atoms with Crippen LogP contribution in [0.3, 0.4) is 0 Å². The molecule has 0 bridgehead atoms. The van der Waals surface area contributed by atoms with E-state index in [0.29, 0.717) is 0 Å². The number of hydrogen-bond donors (Lipinski definition) is 0. The van der Waals surface area contributed by atoms with Crippen LogP contribution >= 0.6 is 24.0 Å². The van der Waals surface area contributed by atoms with E-state index >= 15 is 0 Å². The van der Waals surface area contributed by atoms with E-state index in [4.69, 9.17) is 11.8 Å². The van der Waals surface area contributed by atoms with Crippen molar-refractivity contribution in [3.05, 3.63) is 6.57 Å². The summed E-state index contributed by atoms with van der Waals surface area (Å²) in [6, 6.07) is 0. The molecule has 0 rings (SSSR count). The molecule has 5 heavy (non-hydrogen) atoms. The first kappa shape index (κ1) is 17.1. The van der Waals surface area contributed by atoms with Gasteiger partial charge in [0.15, 0.2) is 0 Å². The van der Waals surface area contributed by atoms with E-state index in [9.17, 15) is 3.32 Å². The number of rotatable bonds is 0. The molecule has 0 aliphatic heterocycles. The van der Waals surface area contributed by atoms with Crippen molar-refractivity contribution in [3.63, 3.8) is 0 Å².